The van der Waals surface area contributed by atoms with Gasteiger partial charge in [-0.1, -0.05) is 72.8 Å². The van der Waals surface area contributed by atoms with Crippen molar-refractivity contribution in [2.75, 3.05) is 24.7 Å². The Bertz CT molecular complexity index is 1290. The van der Waals surface area contributed by atoms with Crippen LogP contribution >= 0.6 is 11.8 Å². The van der Waals surface area contributed by atoms with Crippen molar-refractivity contribution in [3.8, 4) is 11.5 Å². The lowest BCUT2D eigenvalue weighted by Crippen LogP contribution is -2.34. The van der Waals surface area contributed by atoms with Gasteiger partial charge in [0.25, 0.3) is 0 Å². The van der Waals surface area contributed by atoms with Gasteiger partial charge in [-0.15, -0.1) is 11.8 Å². The highest BCUT2D eigenvalue weighted by Crippen LogP contribution is 2.41. The second-order valence-corrected chi connectivity index (χ2v) is 9.25. The minimum absolute atomic E-state index is 0.0907. The van der Waals surface area contributed by atoms with Crippen molar-refractivity contribution in [3.05, 3.63) is 102 Å². The molecule has 4 aromatic rings. The van der Waals surface area contributed by atoms with E-state index in [4.69, 9.17) is 9.47 Å². The first-order valence-corrected chi connectivity index (χ1v) is 12.3. The Balaban J connectivity index is 1.33. The van der Waals surface area contributed by atoms with Gasteiger partial charge in [0, 0.05) is 17.7 Å². The molecule has 0 bridgehead atoms. The second kappa shape index (κ2) is 10.1. The van der Waals surface area contributed by atoms with Crippen molar-refractivity contribution in [3.63, 3.8) is 0 Å². The van der Waals surface area contributed by atoms with Gasteiger partial charge < -0.3 is 19.7 Å². The third-order valence-electron chi connectivity index (χ3n) is 5.89. The van der Waals surface area contributed by atoms with Crippen LogP contribution in [0.5, 0.6) is 11.5 Å². The van der Waals surface area contributed by atoms with E-state index in [0.29, 0.717) is 24.7 Å². The number of carbonyl (C=O) groups excluding carboxylic acids is 1. The fourth-order valence-electron chi connectivity index (χ4n) is 4.17. The van der Waals surface area contributed by atoms with Gasteiger partial charge in [-0.25, -0.2) is 4.79 Å². The Morgan fingerprint density at radius 1 is 0.971 bits per heavy atom. The minimum atomic E-state index is -0.102. The van der Waals surface area contributed by atoms with E-state index >= 15 is 0 Å². The number of nitrogens with zero attached hydrogens (tertiary/aromatic N) is 1. The van der Waals surface area contributed by atoms with E-state index in [1.165, 1.54) is 0 Å². The number of fused-ring (bicyclic) bond motifs is 1. The van der Waals surface area contributed by atoms with Crippen molar-refractivity contribution in [2.45, 2.75) is 12.0 Å². The van der Waals surface area contributed by atoms with Gasteiger partial charge >= 0.3 is 6.03 Å². The first kappa shape index (κ1) is 22.2. The summed E-state index contributed by atoms with van der Waals surface area (Å²) < 4.78 is 11.6. The highest BCUT2D eigenvalue weighted by Gasteiger charge is 2.31. The largest absolute Gasteiger partial charge is 0.493 e. The van der Waals surface area contributed by atoms with Crippen LogP contribution in [0.1, 0.15) is 16.5 Å². The molecule has 4 aromatic carbocycles. The highest BCUT2D eigenvalue weighted by molar-refractivity contribution is 7.99. The van der Waals surface area contributed by atoms with Crippen molar-refractivity contribution in [1.82, 2.24) is 4.90 Å². The molecule has 0 saturated carbocycles. The van der Waals surface area contributed by atoms with Gasteiger partial charge in [0.2, 0.25) is 0 Å². The summed E-state index contributed by atoms with van der Waals surface area (Å²) in [7, 11) is 1.64. The molecule has 1 unspecified atom stereocenters. The maximum Gasteiger partial charge on any atom is 0.323 e. The van der Waals surface area contributed by atoms with Crippen molar-refractivity contribution in [1.29, 1.82) is 0 Å². The molecule has 0 aromatic heterocycles. The van der Waals surface area contributed by atoms with Gasteiger partial charge in [-0.3, -0.25) is 0 Å². The number of hydrogen-bond donors (Lipinski definition) is 1. The van der Waals surface area contributed by atoms with E-state index < -0.39 is 0 Å². The van der Waals surface area contributed by atoms with E-state index in [1.54, 1.807) is 18.9 Å². The predicted molar refractivity (Wildman–Crippen MR) is 139 cm³/mol. The number of carbonyl (C=O) groups is 1. The SMILES string of the molecule is COc1cc(C2SCCN2C(=O)Nc2cccc3ccccc23)ccc1OCc1ccccc1. The summed E-state index contributed by atoms with van der Waals surface area (Å²) in [5, 5.41) is 5.16. The first-order valence-electron chi connectivity index (χ1n) is 11.2. The van der Waals surface area contributed by atoms with E-state index in [-0.39, 0.29) is 11.4 Å². The second-order valence-electron chi connectivity index (χ2n) is 8.06. The lowest BCUT2D eigenvalue weighted by atomic mass is 10.1. The molecule has 1 aliphatic heterocycles. The van der Waals surface area contributed by atoms with Gasteiger partial charge in [-0.2, -0.15) is 0 Å². The number of thioether (sulfide) groups is 1. The molecule has 0 radical (unpaired) electrons. The Labute approximate surface area is 203 Å². The van der Waals surface area contributed by atoms with Crippen LogP contribution in [0.4, 0.5) is 10.5 Å². The molecule has 0 spiro atoms. The fraction of sp³-hybridized carbons (Fsp3) is 0.179. The van der Waals surface area contributed by atoms with Gasteiger partial charge in [0.05, 0.1) is 12.8 Å². The van der Waals surface area contributed by atoms with E-state index in [1.807, 2.05) is 95.9 Å². The molecule has 1 heterocycles. The molecule has 34 heavy (non-hydrogen) atoms. The number of ether oxygens (including phenoxy) is 2. The lowest BCUT2D eigenvalue weighted by molar-refractivity contribution is 0.214. The molecule has 1 atom stereocenters. The highest BCUT2D eigenvalue weighted by atomic mass is 32.2. The zero-order chi connectivity index (χ0) is 23.3. The van der Waals surface area contributed by atoms with Crippen LogP contribution in [0.25, 0.3) is 10.8 Å². The molecule has 5 nitrogen and oxygen atoms in total. The Hall–Kier alpha value is -3.64. The fourth-order valence-corrected chi connectivity index (χ4v) is 5.41. The number of benzene rings is 4. The maximum absolute atomic E-state index is 13.3. The number of anilines is 1. The minimum Gasteiger partial charge on any atom is -0.493 e. The van der Waals surface area contributed by atoms with Crippen molar-refractivity contribution in [2.24, 2.45) is 0 Å². The monoisotopic (exact) mass is 470 g/mol. The maximum atomic E-state index is 13.3. The van der Waals surface area contributed by atoms with Gasteiger partial charge in [0.15, 0.2) is 11.5 Å². The quantitative estimate of drug-likeness (QED) is 0.340. The summed E-state index contributed by atoms with van der Waals surface area (Å²) in [6.07, 6.45) is 0. The van der Waals surface area contributed by atoms with Crippen LogP contribution < -0.4 is 14.8 Å². The molecule has 1 aliphatic rings. The third-order valence-corrected chi connectivity index (χ3v) is 7.15. The number of hydrogen-bond acceptors (Lipinski definition) is 4. The van der Waals surface area contributed by atoms with Crippen LogP contribution in [-0.2, 0) is 6.61 Å². The summed E-state index contributed by atoms with van der Waals surface area (Å²) in [4.78, 5) is 15.1. The normalized spacial score (nSPS) is 15.3. The number of urea groups is 1. The molecule has 1 N–H and O–H groups in total. The summed E-state index contributed by atoms with van der Waals surface area (Å²) in [5.41, 5.74) is 2.93. The summed E-state index contributed by atoms with van der Waals surface area (Å²) in [6.45, 7) is 1.15. The number of amides is 2. The van der Waals surface area contributed by atoms with E-state index in [9.17, 15) is 4.79 Å². The summed E-state index contributed by atoms with van der Waals surface area (Å²) in [5.74, 6) is 2.22. The Morgan fingerprint density at radius 2 is 1.76 bits per heavy atom. The van der Waals surface area contributed by atoms with Crippen molar-refractivity contribution < 1.29 is 14.3 Å². The molecule has 5 rings (SSSR count). The van der Waals surface area contributed by atoms with Crippen LogP contribution in [0.3, 0.4) is 0 Å². The Kier molecular flexibility index (Phi) is 6.58. The van der Waals surface area contributed by atoms with Gasteiger partial charge in [0.1, 0.15) is 12.0 Å². The van der Waals surface area contributed by atoms with Crippen LogP contribution in [-0.4, -0.2) is 30.3 Å². The molecule has 6 heteroatoms. The van der Waals surface area contributed by atoms with Gasteiger partial charge in [-0.05, 0) is 34.7 Å². The van der Waals surface area contributed by atoms with E-state index in [2.05, 4.69) is 5.32 Å². The number of rotatable bonds is 6. The first-order chi connectivity index (χ1) is 16.7. The molecule has 1 saturated heterocycles. The smallest absolute Gasteiger partial charge is 0.323 e. The van der Waals surface area contributed by atoms with Crippen LogP contribution in [0.15, 0.2) is 91.0 Å². The molecule has 2 amide bonds. The zero-order valence-corrected chi connectivity index (χ0v) is 19.8. The standard InChI is InChI=1S/C28H26N2O3S/c1-32-26-18-22(14-15-25(26)33-19-20-8-3-2-4-9-20)27-30(16-17-34-27)28(31)29-24-13-7-11-21-10-5-6-12-23(21)24/h2-15,18,27H,16-17,19H2,1H3,(H,29,31). The third kappa shape index (κ3) is 4.68. The topological polar surface area (TPSA) is 50.8 Å². The predicted octanol–water partition coefficient (Wildman–Crippen LogP) is 6.71. The molecule has 172 valence electrons. The van der Waals surface area contributed by atoms with Crippen LogP contribution in [0, 0.1) is 0 Å². The average molecular weight is 471 g/mol. The summed E-state index contributed by atoms with van der Waals surface area (Å²) in [6, 6.07) is 29.9. The zero-order valence-electron chi connectivity index (χ0n) is 18.9. The summed E-state index contributed by atoms with van der Waals surface area (Å²) >= 11 is 1.75. The Morgan fingerprint density at radius 3 is 2.62 bits per heavy atom. The number of methoxy groups -OCH3 is 1. The van der Waals surface area contributed by atoms with Crippen molar-refractivity contribution >= 4 is 34.3 Å². The average Bonchev–Trinajstić information content (AvgIpc) is 3.38. The molecular weight excluding hydrogens is 444 g/mol. The van der Waals surface area contributed by atoms with E-state index in [0.717, 1.165) is 33.3 Å². The number of nitrogens with one attached hydrogen (secondary N) is 1. The molecule has 0 aliphatic carbocycles. The molecular formula is C28H26N2O3S. The lowest BCUT2D eigenvalue weighted by Gasteiger charge is -2.25. The molecule has 1 fully saturated rings. The van der Waals surface area contributed by atoms with Crippen LogP contribution in [0.2, 0.25) is 0 Å².